The Morgan fingerprint density at radius 3 is 2.05 bits per heavy atom. The van der Waals surface area contributed by atoms with Crippen LogP contribution in [0.15, 0.2) is 30.3 Å². The monoisotopic (exact) mass is 431 g/mol. The van der Waals surface area contributed by atoms with Gasteiger partial charge in [-0.1, -0.05) is 58.7 Å². The predicted octanol–water partition coefficient (Wildman–Crippen LogP) is -0.218. The number of unbranched alkanes of at least 4 members (excludes halogenated alkanes) is 1. The Bertz CT molecular complexity index is 481. The van der Waals surface area contributed by atoms with Gasteiger partial charge < -0.3 is 24.8 Å². The van der Waals surface area contributed by atoms with Gasteiger partial charge in [0.2, 0.25) is 0 Å². The first-order valence-corrected chi connectivity index (χ1v) is 9.00. The summed E-state index contributed by atoms with van der Waals surface area (Å²) in [7, 11) is 1.20. The summed E-state index contributed by atoms with van der Waals surface area (Å²) in [4.78, 5) is 0. The minimum atomic E-state index is 0. The third kappa shape index (κ3) is 8.96. The quantitative estimate of drug-likeness (QED) is 0.452. The maximum atomic E-state index is 2.35. The van der Waals surface area contributed by atoms with Crippen LogP contribution in [0.5, 0.6) is 0 Å². The smallest absolute Gasteiger partial charge is 1.00 e. The molecule has 0 unspecified atom stereocenters. The molecule has 121 valence electrons. The standard InChI is InChI=1S/C14H17.C4H10Si.2ClH.Zr/c1-3-4-7-12-10-13-8-5-6-9-14(13)11(12)2;1-3-5-4-2;;;/h5-6,8-10H,3-4,7H2,1-2H3;3-4H2,1-2H3;2*1H;/q-1;;;;+3/p-2. The third-order valence-electron chi connectivity index (χ3n) is 3.48. The van der Waals surface area contributed by atoms with Crippen molar-refractivity contribution < 1.29 is 51.0 Å². The Hall–Kier alpha value is 0.510. The van der Waals surface area contributed by atoms with Gasteiger partial charge >= 0.3 is 26.2 Å². The summed E-state index contributed by atoms with van der Waals surface area (Å²) >= 11 is 0. The van der Waals surface area contributed by atoms with Crippen LogP contribution in [0.25, 0.3) is 10.8 Å². The van der Waals surface area contributed by atoms with E-state index in [1.165, 1.54) is 62.8 Å². The van der Waals surface area contributed by atoms with Gasteiger partial charge in [-0.3, -0.25) is 0 Å². The molecule has 0 nitrogen and oxygen atoms in total. The summed E-state index contributed by atoms with van der Waals surface area (Å²) in [5.41, 5.74) is 3.02. The molecule has 0 aliphatic heterocycles. The van der Waals surface area contributed by atoms with Crippen molar-refractivity contribution in [2.24, 2.45) is 0 Å². The molecule has 0 spiro atoms. The zero-order valence-corrected chi connectivity index (χ0v) is 19.1. The largest absolute Gasteiger partial charge is 3.00 e. The van der Waals surface area contributed by atoms with E-state index in [4.69, 9.17) is 0 Å². The molecule has 0 aromatic heterocycles. The van der Waals surface area contributed by atoms with Crippen LogP contribution < -0.4 is 24.8 Å². The van der Waals surface area contributed by atoms with E-state index in [1.807, 2.05) is 0 Å². The zero-order valence-electron chi connectivity index (χ0n) is 14.2. The second-order valence-corrected chi connectivity index (χ2v) is 6.86. The molecule has 3 radical (unpaired) electrons. The molecule has 0 bridgehead atoms. The first kappa shape index (κ1) is 27.4. The van der Waals surface area contributed by atoms with Crippen molar-refractivity contribution in [3.8, 4) is 0 Å². The number of fused-ring (bicyclic) bond motifs is 1. The Morgan fingerprint density at radius 1 is 1.00 bits per heavy atom. The molecule has 0 saturated carbocycles. The Balaban J connectivity index is -0.000000401. The maximum Gasteiger partial charge on any atom is 3.00 e. The maximum absolute atomic E-state index is 2.35. The number of halogens is 2. The van der Waals surface area contributed by atoms with E-state index in [0.29, 0.717) is 0 Å². The Labute approximate surface area is 171 Å². The van der Waals surface area contributed by atoms with E-state index in [1.54, 1.807) is 0 Å². The normalized spacial score (nSPS) is 8.91. The molecule has 0 N–H and O–H groups in total. The van der Waals surface area contributed by atoms with Crippen LogP contribution in [0.2, 0.25) is 12.1 Å². The van der Waals surface area contributed by atoms with Crippen molar-refractivity contribution >= 4 is 20.3 Å². The average molecular weight is 434 g/mol. The van der Waals surface area contributed by atoms with Crippen molar-refractivity contribution in [3.63, 3.8) is 0 Å². The van der Waals surface area contributed by atoms with Crippen LogP contribution >= 0.6 is 0 Å². The number of benzene rings is 1. The first-order valence-electron chi connectivity index (χ1n) is 7.59. The van der Waals surface area contributed by atoms with Gasteiger partial charge in [0.1, 0.15) is 0 Å². The zero-order chi connectivity index (χ0) is 14.1. The molecule has 0 fully saturated rings. The number of hydrogen-bond acceptors (Lipinski definition) is 0. The van der Waals surface area contributed by atoms with E-state index in [0.717, 1.165) is 0 Å². The van der Waals surface area contributed by atoms with Crippen LogP contribution in [-0.2, 0) is 32.6 Å². The van der Waals surface area contributed by atoms with Crippen molar-refractivity contribution in [2.75, 3.05) is 0 Å². The van der Waals surface area contributed by atoms with Crippen molar-refractivity contribution in [1.82, 2.24) is 0 Å². The average Bonchev–Trinajstić information content (AvgIpc) is 2.75. The first-order chi connectivity index (χ1) is 9.24. The minimum absolute atomic E-state index is 0. The molecular weight excluding hydrogens is 406 g/mol. The topological polar surface area (TPSA) is 0 Å². The Morgan fingerprint density at radius 2 is 1.59 bits per heavy atom. The van der Waals surface area contributed by atoms with Gasteiger partial charge in [-0.15, -0.1) is 40.6 Å². The van der Waals surface area contributed by atoms with Gasteiger partial charge in [-0.2, -0.15) is 5.56 Å². The predicted molar refractivity (Wildman–Crippen MR) is 89.6 cm³/mol. The van der Waals surface area contributed by atoms with Gasteiger partial charge in [0.05, 0.1) is 0 Å². The van der Waals surface area contributed by atoms with Crippen LogP contribution in [0.3, 0.4) is 0 Å². The molecular formula is C18H27Cl2SiZr. The van der Waals surface area contributed by atoms with E-state index in [2.05, 4.69) is 58.0 Å². The van der Waals surface area contributed by atoms with Gasteiger partial charge in [-0.25, -0.2) is 0 Å². The summed E-state index contributed by atoms with van der Waals surface area (Å²) < 4.78 is 0. The molecule has 2 rings (SSSR count). The fraction of sp³-hybridized carbons (Fsp3) is 0.500. The number of rotatable bonds is 5. The van der Waals surface area contributed by atoms with E-state index >= 15 is 0 Å². The van der Waals surface area contributed by atoms with Gasteiger partial charge in [0, 0.05) is 9.52 Å². The van der Waals surface area contributed by atoms with E-state index in [-0.39, 0.29) is 51.0 Å². The summed E-state index contributed by atoms with van der Waals surface area (Å²) in [6.07, 6.45) is 3.81. The van der Waals surface area contributed by atoms with Crippen molar-refractivity contribution in [2.45, 2.75) is 59.0 Å². The summed E-state index contributed by atoms with van der Waals surface area (Å²) in [5.74, 6) is 0. The number of hydrogen-bond donors (Lipinski definition) is 0. The third-order valence-corrected chi connectivity index (χ3v) is 4.48. The van der Waals surface area contributed by atoms with Crippen molar-refractivity contribution in [3.05, 3.63) is 41.5 Å². The second-order valence-electron chi connectivity index (χ2n) is 4.94. The van der Waals surface area contributed by atoms with E-state index in [9.17, 15) is 0 Å². The minimum Gasteiger partial charge on any atom is -1.00 e. The fourth-order valence-electron chi connectivity index (χ4n) is 2.31. The molecule has 2 aromatic carbocycles. The molecule has 4 heteroatoms. The summed E-state index contributed by atoms with van der Waals surface area (Å²) in [6, 6.07) is 13.8. The van der Waals surface area contributed by atoms with E-state index < -0.39 is 0 Å². The molecule has 0 aliphatic rings. The Kier molecular flexibility index (Phi) is 20.4. The molecule has 0 saturated heterocycles. The van der Waals surface area contributed by atoms with Crippen LogP contribution in [-0.4, -0.2) is 9.52 Å². The molecule has 2 aromatic rings. The molecule has 0 atom stereocenters. The van der Waals surface area contributed by atoms with Gasteiger partial charge in [-0.05, 0) is 6.42 Å². The molecule has 0 heterocycles. The van der Waals surface area contributed by atoms with Crippen LogP contribution in [0.1, 0.15) is 44.7 Å². The number of aryl methyl sites for hydroxylation is 2. The second kappa shape index (κ2) is 16.4. The van der Waals surface area contributed by atoms with Gasteiger partial charge in [0.25, 0.3) is 0 Å². The van der Waals surface area contributed by atoms with Crippen molar-refractivity contribution in [1.29, 1.82) is 0 Å². The molecule has 22 heavy (non-hydrogen) atoms. The summed E-state index contributed by atoms with van der Waals surface area (Å²) in [5, 5.41) is 2.83. The van der Waals surface area contributed by atoms with Crippen LogP contribution in [0, 0.1) is 6.92 Å². The molecule has 0 amide bonds. The molecule has 0 aliphatic carbocycles. The summed E-state index contributed by atoms with van der Waals surface area (Å²) in [6.45, 7) is 8.94. The fourth-order valence-corrected chi connectivity index (χ4v) is 2.81. The van der Waals surface area contributed by atoms with Crippen LogP contribution in [0.4, 0.5) is 0 Å². The van der Waals surface area contributed by atoms with Gasteiger partial charge in [0.15, 0.2) is 0 Å². The SMILES string of the molecule is CCCCc1[cH-]c2ccccc2c1C.CC[Si]CC.[Cl-].[Cl-].[Zr+3].